The van der Waals surface area contributed by atoms with Crippen LogP contribution >= 0.6 is 0 Å². The van der Waals surface area contributed by atoms with Gasteiger partial charge in [-0.2, -0.15) is 4.98 Å². The van der Waals surface area contributed by atoms with Crippen molar-refractivity contribution in [3.8, 4) is 11.8 Å². The van der Waals surface area contributed by atoms with E-state index in [1.807, 2.05) is 19.0 Å². The molecule has 0 radical (unpaired) electrons. The molecule has 0 aliphatic rings. The van der Waals surface area contributed by atoms with Crippen LogP contribution in [0.25, 0.3) is 0 Å². The molecule has 10 heteroatoms. The number of unbranched alkanes of at least 4 members (excludes halogenated alkanes) is 1. The summed E-state index contributed by atoms with van der Waals surface area (Å²) in [6.45, 7) is 8.70. The molecule has 2 amide bonds. The van der Waals surface area contributed by atoms with Crippen LogP contribution < -0.4 is 15.5 Å². The van der Waals surface area contributed by atoms with Crippen molar-refractivity contribution >= 4 is 29.3 Å². The molecule has 0 spiro atoms. The lowest BCUT2D eigenvalue weighted by Crippen LogP contribution is -2.45. The van der Waals surface area contributed by atoms with Crippen LogP contribution in [0.2, 0.25) is 0 Å². The van der Waals surface area contributed by atoms with E-state index in [9.17, 15) is 14.0 Å². The number of nitrogens with zero attached hydrogens (tertiary/aromatic N) is 5. The number of anilines is 3. The van der Waals surface area contributed by atoms with Gasteiger partial charge in [0.15, 0.2) is 0 Å². The molecule has 2 aromatic rings. The van der Waals surface area contributed by atoms with Gasteiger partial charge in [0.05, 0.1) is 11.8 Å². The Kier molecular flexibility index (Phi) is 14.3. The summed E-state index contributed by atoms with van der Waals surface area (Å²) in [6.07, 6.45) is 8.10. The van der Waals surface area contributed by atoms with E-state index >= 15 is 0 Å². The van der Waals surface area contributed by atoms with E-state index in [-0.39, 0.29) is 17.6 Å². The van der Waals surface area contributed by atoms with E-state index in [0.717, 1.165) is 37.3 Å². The van der Waals surface area contributed by atoms with Gasteiger partial charge in [0.1, 0.15) is 17.7 Å². The van der Waals surface area contributed by atoms with Gasteiger partial charge in [0.2, 0.25) is 17.8 Å². The van der Waals surface area contributed by atoms with Crippen LogP contribution in [-0.2, 0) is 9.59 Å². The van der Waals surface area contributed by atoms with Crippen LogP contribution in [0.4, 0.5) is 21.8 Å². The van der Waals surface area contributed by atoms with E-state index in [0.29, 0.717) is 37.6 Å². The average Bonchev–Trinajstić information content (AvgIpc) is 2.94. The van der Waals surface area contributed by atoms with Crippen LogP contribution in [0, 0.1) is 17.7 Å². The van der Waals surface area contributed by atoms with Gasteiger partial charge in [-0.15, -0.1) is 0 Å². The van der Waals surface area contributed by atoms with Crippen LogP contribution in [0.5, 0.6) is 0 Å². The molecule has 0 unspecified atom stereocenters. The van der Waals surface area contributed by atoms with Gasteiger partial charge in [0.25, 0.3) is 0 Å². The number of nitrogens with one attached hydrogen (secondary N) is 2. The molecule has 0 aliphatic carbocycles. The minimum atomic E-state index is -0.583. The summed E-state index contributed by atoms with van der Waals surface area (Å²) in [5.41, 5.74) is 1.29. The number of amides is 2. The average molecular weight is 566 g/mol. The summed E-state index contributed by atoms with van der Waals surface area (Å²) in [7, 11) is 5.46. The summed E-state index contributed by atoms with van der Waals surface area (Å²) in [6, 6.07) is 5.59. The first kappa shape index (κ1) is 33.2. The molecule has 1 aromatic heterocycles. The van der Waals surface area contributed by atoms with Gasteiger partial charge in [-0.25, -0.2) is 9.37 Å². The number of likely N-dealkylation sites (N-methyl/N-ethyl adjacent to an activating group) is 2. The quantitative estimate of drug-likeness (QED) is 0.190. The molecule has 9 nitrogen and oxygen atoms in total. The first-order valence-corrected chi connectivity index (χ1v) is 14.1. The van der Waals surface area contributed by atoms with Crippen molar-refractivity contribution in [2.45, 2.75) is 52.5 Å². The van der Waals surface area contributed by atoms with Crippen LogP contribution in [0.1, 0.15) is 52.0 Å². The summed E-state index contributed by atoms with van der Waals surface area (Å²) in [4.78, 5) is 39.5. The molecule has 0 saturated heterocycles. The van der Waals surface area contributed by atoms with Crippen molar-refractivity contribution in [3.05, 3.63) is 54.0 Å². The molecule has 1 atom stereocenters. The zero-order chi connectivity index (χ0) is 30.2. The number of benzene rings is 1. The fraction of sp³-hybridized carbons (Fsp3) is 0.484. The smallest absolute Gasteiger partial charge is 0.246 e. The lowest BCUT2D eigenvalue weighted by Gasteiger charge is -2.24. The number of aromatic nitrogens is 2. The second-order valence-corrected chi connectivity index (χ2v) is 10.0. The molecule has 0 saturated carbocycles. The Labute approximate surface area is 244 Å². The Morgan fingerprint density at radius 2 is 1.88 bits per heavy atom. The third-order valence-electron chi connectivity index (χ3n) is 6.18. The van der Waals surface area contributed by atoms with Crippen molar-refractivity contribution in [2.24, 2.45) is 0 Å². The molecule has 1 aromatic carbocycles. The Balaban J connectivity index is 2.00. The first-order chi connectivity index (χ1) is 19.7. The van der Waals surface area contributed by atoms with Crippen molar-refractivity contribution in [1.82, 2.24) is 25.1 Å². The topological polar surface area (TPSA) is 93.7 Å². The maximum Gasteiger partial charge on any atom is 0.246 e. The monoisotopic (exact) mass is 565 g/mol. The fourth-order valence-corrected chi connectivity index (χ4v) is 3.86. The minimum Gasteiger partial charge on any atom is -0.355 e. The number of rotatable bonds is 15. The number of hydrogen-bond acceptors (Lipinski definition) is 7. The predicted octanol–water partition coefficient (Wildman–Crippen LogP) is 4.20. The summed E-state index contributed by atoms with van der Waals surface area (Å²) < 4.78 is 13.6. The second-order valence-electron chi connectivity index (χ2n) is 10.0. The maximum atomic E-state index is 13.6. The molecule has 222 valence electrons. The molecule has 0 aliphatic heterocycles. The number of hydrogen-bond donors (Lipinski definition) is 2. The molecule has 1 heterocycles. The Morgan fingerprint density at radius 1 is 1.15 bits per heavy atom. The van der Waals surface area contributed by atoms with Gasteiger partial charge >= 0.3 is 0 Å². The summed E-state index contributed by atoms with van der Waals surface area (Å²) in [5.74, 6) is 6.74. The molecular formula is C31H44FN7O2. The molecule has 0 bridgehead atoms. The first-order valence-electron chi connectivity index (χ1n) is 14.1. The van der Waals surface area contributed by atoms with Crippen LogP contribution in [-0.4, -0.2) is 84.9 Å². The summed E-state index contributed by atoms with van der Waals surface area (Å²) >= 11 is 0. The Morgan fingerprint density at radius 3 is 2.54 bits per heavy atom. The van der Waals surface area contributed by atoms with E-state index < -0.39 is 6.04 Å². The molecule has 0 fully saturated rings. The third-order valence-corrected chi connectivity index (χ3v) is 6.18. The molecular weight excluding hydrogens is 521 g/mol. The van der Waals surface area contributed by atoms with Crippen molar-refractivity contribution in [1.29, 1.82) is 0 Å². The Bertz CT molecular complexity index is 1220. The zero-order valence-corrected chi connectivity index (χ0v) is 25.2. The zero-order valence-electron chi connectivity index (χ0n) is 25.2. The van der Waals surface area contributed by atoms with Gasteiger partial charge < -0.3 is 25.3 Å². The number of halogens is 1. The van der Waals surface area contributed by atoms with Gasteiger partial charge in [-0.05, 0) is 58.5 Å². The lowest BCUT2D eigenvalue weighted by molar-refractivity contribution is -0.135. The van der Waals surface area contributed by atoms with Crippen molar-refractivity contribution in [3.63, 3.8) is 0 Å². The van der Waals surface area contributed by atoms with Crippen molar-refractivity contribution in [2.75, 3.05) is 57.5 Å². The normalized spacial score (nSPS) is 11.6. The minimum absolute atomic E-state index is 0.207. The van der Waals surface area contributed by atoms with E-state index in [2.05, 4.69) is 46.2 Å². The molecule has 41 heavy (non-hydrogen) atoms. The van der Waals surface area contributed by atoms with E-state index in [1.54, 1.807) is 38.4 Å². The van der Waals surface area contributed by atoms with E-state index in [1.165, 1.54) is 23.1 Å². The standard InChI is InChI=1S/C31H44FN7O2/c1-7-19-39(20-8-2)29-25(23-34-31(36-29)35-27-16-12-15-26(32)22-27)14-10-9-11-18-33-30(41)24(3)38(6)28(40)17-13-21-37(4)5/h12-13,15-17,22-24H,7-9,11,18-21H2,1-6H3,(H,33,41)(H,34,35,36)/t24-/m0/s1. The van der Waals surface area contributed by atoms with Gasteiger partial charge in [-0.1, -0.05) is 37.8 Å². The SMILES string of the molecule is CCCN(CCC)c1nc(Nc2cccc(F)c2)ncc1C#CCCCNC(=O)[C@H](C)N(C)C(=O)C=CCN(C)C. The van der Waals surface area contributed by atoms with Crippen molar-refractivity contribution < 1.29 is 14.0 Å². The van der Waals surface area contributed by atoms with Gasteiger partial charge in [-0.3, -0.25) is 9.59 Å². The highest BCUT2D eigenvalue weighted by molar-refractivity contribution is 5.92. The lowest BCUT2D eigenvalue weighted by atomic mass is 10.2. The molecule has 2 rings (SSSR count). The highest BCUT2D eigenvalue weighted by Crippen LogP contribution is 2.21. The van der Waals surface area contributed by atoms with Gasteiger partial charge in [0, 0.05) is 51.4 Å². The van der Waals surface area contributed by atoms with E-state index in [4.69, 9.17) is 4.98 Å². The fourth-order valence-electron chi connectivity index (χ4n) is 3.86. The highest BCUT2D eigenvalue weighted by atomic mass is 19.1. The van der Waals surface area contributed by atoms with Crippen LogP contribution in [0.3, 0.4) is 0 Å². The maximum absolute atomic E-state index is 13.6. The Hall–Kier alpha value is -3.97. The molecule has 2 N–H and O–H groups in total. The summed E-state index contributed by atoms with van der Waals surface area (Å²) in [5, 5.41) is 5.96. The number of carbonyl (C=O) groups is 2. The predicted molar refractivity (Wildman–Crippen MR) is 164 cm³/mol. The largest absolute Gasteiger partial charge is 0.355 e. The third kappa shape index (κ3) is 11.6. The highest BCUT2D eigenvalue weighted by Gasteiger charge is 2.20. The second kappa shape index (κ2) is 17.7. The van der Waals surface area contributed by atoms with Crippen LogP contribution in [0.15, 0.2) is 42.6 Å². The number of carbonyl (C=O) groups excluding carboxylic acids is 2.